The van der Waals surface area contributed by atoms with Gasteiger partial charge in [0.05, 0.1) is 0 Å². The Balaban J connectivity index is 1.82. The van der Waals surface area contributed by atoms with Crippen LogP contribution in [0, 0.1) is 0 Å². The van der Waals surface area contributed by atoms with Crippen molar-refractivity contribution in [2.45, 2.75) is 13.2 Å². The van der Waals surface area contributed by atoms with Gasteiger partial charge in [-0.3, -0.25) is 0 Å². The summed E-state index contributed by atoms with van der Waals surface area (Å²) in [5.74, 6) is 0.366. The van der Waals surface area contributed by atoms with Crippen molar-refractivity contribution >= 4 is 5.57 Å². The zero-order valence-corrected chi connectivity index (χ0v) is 12.5. The molecule has 1 heterocycles. The van der Waals surface area contributed by atoms with E-state index in [4.69, 9.17) is 4.74 Å². The van der Waals surface area contributed by atoms with Crippen LogP contribution in [0.5, 0.6) is 11.5 Å². The summed E-state index contributed by atoms with van der Waals surface area (Å²) >= 11 is 0. The van der Waals surface area contributed by atoms with Crippen LogP contribution in [-0.2, 0) is 6.61 Å². The summed E-state index contributed by atoms with van der Waals surface area (Å²) in [5.41, 5.74) is 3.03. The molecule has 0 fully saturated rings. The monoisotopic (exact) mass is 317 g/mol. The third kappa shape index (κ3) is 4.07. The van der Waals surface area contributed by atoms with Gasteiger partial charge in [0.15, 0.2) is 11.5 Å². The molecule has 0 radical (unpaired) electrons. The summed E-state index contributed by atoms with van der Waals surface area (Å²) < 4.78 is 35.4. The predicted molar refractivity (Wildman–Crippen MR) is 84.7 cm³/mol. The van der Waals surface area contributed by atoms with Gasteiger partial charge in [0.1, 0.15) is 6.61 Å². The molecule has 3 rings (SSSR count). The summed E-state index contributed by atoms with van der Waals surface area (Å²) in [5, 5.41) is 3.21. The fourth-order valence-corrected chi connectivity index (χ4v) is 2.44. The first-order valence-electron chi connectivity index (χ1n) is 7.38. The minimum Gasteiger partial charge on any atom is -0.485 e. The Bertz CT molecular complexity index is 687. The summed E-state index contributed by atoms with van der Waals surface area (Å²) in [4.78, 5) is 0. The van der Waals surface area contributed by atoms with E-state index >= 15 is 0 Å². The summed E-state index contributed by atoms with van der Waals surface area (Å²) in [7, 11) is 0. The van der Waals surface area contributed by atoms with Crippen molar-refractivity contribution in [3.63, 3.8) is 0 Å². The van der Waals surface area contributed by atoms with Crippen molar-refractivity contribution in [2.75, 3.05) is 13.1 Å². The minimum atomic E-state index is -2.88. The number of halogens is 2. The topological polar surface area (TPSA) is 30.5 Å². The molecule has 120 valence electrons. The lowest BCUT2D eigenvalue weighted by Gasteiger charge is -2.14. The lowest BCUT2D eigenvalue weighted by atomic mass is 10.1. The van der Waals surface area contributed by atoms with E-state index in [1.54, 1.807) is 12.1 Å². The SMILES string of the molecule is FC(F)Oc1ccc(C2=CCNC2)cc1OCc1ccccc1. The predicted octanol–water partition coefficient (Wildman–Crippen LogP) is 3.85. The highest BCUT2D eigenvalue weighted by Crippen LogP contribution is 2.33. The molecular weight excluding hydrogens is 300 g/mol. The Labute approximate surface area is 133 Å². The van der Waals surface area contributed by atoms with Crippen LogP contribution >= 0.6 is 0 Å². The van der Waals surface area contributed by atoms with Crippen molar-refractivity contribution in [1.29, 1.82) is 0 Å². The van der Waals surface area contributed by atoms with Gasteiger partial charge in [-0.15, -0.1) is 0 Å². The maximum Gasteiger partial charge on any atom is 0.387 e. The standard InChI is InChI=1S/C18H17F2NO2/c19-18(20)23-16-7-6-14(15-8-9-21-11-15)10-17(16)22-12-13-4-2-1-3-5-13/h1-8,10,18,21H,9,11-12H2. The molecule has 0 saturated carbocycles. The molecule has 0 saturated heterocycles. The molecule has 1 aliphatic heterocycles. The van der Waals surface area contributed by atoms with Crippen LogP contribution in [0.25, 0.3) is 5.57 Å². The number of hydrogen-bond acceptors (Lipinski definition) is 3. The molecule has 0 aliphatic carbocycles. The Hall–Kier alpha value is -2.40. The number of hydrogen-bond donors (Lipinski definition) is 1. The molecular formula is C18H17F2NO2. The van der Waals surface area contributed by atoms with Crippen molar-refractivity contribution in [3.8, 4) is 11.5 Å². The van der Waals surface area contributed by atoms with Crippen molar-refractivity contribution < 1.29 is 18.3 Å². The summed E-state index contributed by atoms with van der Waals surface area (Å²) in [6.07, 6.45) is 2.07. The second-order valence-corrected chi connectivity index (χ2v) is 5.17. The Morgan fingerprint density at radius 1 is 1.04 bits per heavy atom. The van der Waals surface area contributed by atoms with Gasteiger partial charge in [0.2, 0.25) is 0 Å². The van der Waals surface area contributed by atoms with E-state index in [2.05, 4.69) is 16.1 Å². The number of alkyl halides is 2. The van der Waals surface area contributed by atoms with Crippen LogP contribution in [-0.4, -0.2) is 19.7 Å². The summed E-state index contributed by atoms with van der Waals surface area (Å²) in [6.45, 7) is -1.02. The smallest absolute Gasteiger partial charge is 0.387 e. The Kier molecular flexibility index (Phi) is 4.88. The molecule has 2 aromatic carbocycles. The highest BCUT2D eigenvalue weighted by Gasteiger charge is 2.14. The molecule has 2 aromatic rings. The van der Waals surface area contributed by atoms with Crippen LogP contribution in [0.3, 0.4) is 0 Å². The van der Waals surface area contributed by atoms with E-state index in [1.807, 2.05) is 30.3 Å². The van der Waals surface area contributed by atoms with Gasteiger partial charge in [-0.25, -0.2) is 0 Å². The number of benzene rings is 2. The molecule has 0 bridgehead atoms. The van der Waals surface area contributed by atoms with Crippen LogP contribution < -0.4 is 14.8 Å². The van der Waals surface area contributed by atoms with E-state index in [9.17, 15) is 8.78 Å². The lowest BCUT2D eigenvalue weighted by Crippen LogP contribution is -2.08. The maximum atomic E-state index is 12.6. The van der Waals surface area contributed by atoms with Crippen LogP contribution in [0.1, 0.15) is 11.1 Å². The van der Waals surface area contributed by atoms with Crippen molar-refractivity contribution in [1.82, 2.24) is 5.32 Å². The molecule has 0 amide bonds. The molecule has 0 aromatic heterocycles. The molecule has 23 heavy (non-hydrogen) atoms. The van der Waals surface area contributed by atoms with Gasteiger partial charge < -0.3 is 14.8 Å². The van der Waals surface area contributed by atoms with Gasteiger partial charge in [0.25, 0.3) is 0 Å². The third-order valence-electron chi connectivity index (χ3n) is 3.58. The first-order chi connectivity index (χ1) is 11.2. The molecule has 1 aliphatic rings. The van der Waals surface area contributed by atoms with E-state index in [-0.39, 0.29) is 5.75 Å². The van der Waals surface area contributed by atoms with E-state index in [0.29, 0.717) is 12.4 Å². The molecule has 0 spiro atoms. The minimum absolute atomic E-state index is 0.0474. The molecule has 0 atom stereocenters. The normalized spacial score (nSPS) is 14.0. The van der Waals surface area contributed by atoms with Crippen molar-refractivity contribution in [3.05, 3.63) is 65.7 Å². The number of nitrogens with one attached hydrogen (secondary N) is 1. The molecule has 0 unspecified atom stereocenters. The van der Waals surface area contributed by atoms with Gasteiger partial charge in [-0.1, -0.05) is 42.5 Å². The molecule has 5 heteroatoms. The first kappa shape index (κ1) is 15.5. The highest BCUT2D eigenvalue weighted by atomic mass is 19.3. The van der Waals surface area contributed by atoms with Gasteiger partial charge in [-0.05, 0) is 28.8 Å². The first-order valence-corrected chi connectivity index (χ1v) is 7.38. The fourth-order valence-electron chi connectivity index (χ4n) is 2.44. The van der Waals surface area contributed by atoms with Gasteiger partial charge in [0, 0.05) is 13.1 Å². The zero-order valence-electron chi connectivity index (χ0n) is 12.5. The van der Waals surface area contributed by atoms with E-state index in [0.717, 1.165) is 29.8 Å². The summed E-state index contributed by atoms with van der Waals surface area (Å²) in [6, 6.07) is 14.6. The molecule has 1 N–H and O–H groups in total. The highest BCUT2D eigenvalue weighted by molar-refractivity contribution is 5.71. The lowest BCUT2D eigenvalue weighted by molar-refractivity contribution is -0.0515. The van der Waals surface area contributed by atoms with Crippen LogP contribution in [0.2, 0.25) is 0 Å². The Morgan fingerprint density at radius 2 is 1.87 bits per heavy atom. The third-order valence-corrected chi connectivity index (χ3v) is 3.58. The maximum absolute atomic E-state index is 12.6. The van der Waals surface area contributed by atoms with E-state index in [1.165, 1.54) is 6.07 Å². The average molecular weight is 317 g/mol. The quantitative estimate of drug-likeness (QED) is 0.878. The van der Waals surface area contributed by atoms with Crippen LogP contribution in [0.15, 0.2) is 54.6 Å². The second-order valence-electron chi connectivity index (χ2n) is 5.17. The average Bonchev–Trinajstić information content (AvgIpc) is 3.09. The molecule has 3 nitrogen and oxygen atoms in total. The largest absolute Gasteiger partial charge is 0.485 e. The van der Waals surface area contributed by atoms with Crippen molar-refractivity contribution in [2.24, 2.45) is 0 Å². The van der Waals surface area contributed by atoms with Gasteiger partial charge >= 0.3 is 6.61 Å². The van der Waals surface area contributed by atoms with Gasteiger partial charge in [-0.2, -0.15) is 8.78 Å². The second kappa shape index (κ2) is 7.24. The number of ether oxygens (including phenoxy) is 2. The van der Waals surface area contributed by atoms with Crippen LogP contribution in [0.4, 0.5) is 8.78 Å². The van der Waals surface area contributed by atoms with E-state index < -0.39 is 6.61 Å². The zero-order chi connectivity index (χ0) is 16.1. The Morgan fingerprint density at radius 3 is 2.57 bits per heavy atom. The number of rotatable bonds is 6. The fraction of sp³-hybridized carbons (Fsp3) is 0.222.